The second-order valence-corrected chi connectivity index (χ2v) is 5.93. The molecule has 1 aromatic carbocycles. The largest absolute Gasteiger partial charge is 0.389 e. The van der Waals surface area contributed by atoms with E-state index < -0.39 is 31.0 Å². The molecule has 0 fully saturated rings. The van der Waals surface area contributed by atoms with E-state index in [-0.39, 0.29) is 0 Å². The molecule has 0 saturated heterocycles. The van der Waals surface area contributed by atoms with Crippen LogP contribution in [-0.4, -0.2) is 28.1 Å². The van der Waals surface area contributed by atoms with E-state index in [9.17, 15) is 18.0 Å². The number of rotatable bonds is 5. The minimum Gasteiger partial charge on any atom is -0.346 e. The Morgan fingerprint density at radius 3 is 2.62 bits per heavy atom. The average Bonchev–Trinajstić information content (AvgIpc) is 3.08. The summed E-state index contributed by atoms with van der Waals surface area (Å²) >= 11 is 0. The molecule has 0 unspecified atom stereocenters. The quantitative estimate of drug-likeness (QED) is 0.645. The van der Waals surface area contributed by atoms with Crippen molar-refractivity contribution in [2.24, 2.45) is 5.73 Å². The van der Waals surface area contributed by atoms with Crippen LogP contribution in [0.25, 0.3) is 22.2 Å². The van der Waals surface area contributed by atoms with Gasteiger partial charge in [0.1, 0.15) is 5.65 Å². The first kappa shape index (κ1) is 17.9. The molecule has 0 saturated carbocycles. The van der Waals surface area contributed by atoms with Crippen molar-refractivity contribution in [2.75, 3.05) is 5.32 Å². The lowest BCUT2D eigenvalue weighted by atomic mass is 10.0. The minimum atomic E-state index is -4.33. The number of alkyl halides is 3. The van der Waals surface area contributed by atoms with Crippen molar-refractivity contribution < 1.29 is 18.0 Å². The summed E-state index contributed by atoms with van der Waals surface area (Å²) in [5.41, 5.74) is 8.68. The summed E-state index contributed by atoms with van der Waals surface area (Å²) in [4.78, 5) is 19.2. The third-order valence-corrected chi connectivity index (χ3v) is 4.00. The van der Waals surface area contributed by atoms with Crippen LogP contribution >= 0.6 is 0 Å². The van der Waals surface area contributed by atoms with Gasteiger partial charge in [0.2, 0.25) is 5.91 Å². The Morgan fingerprint density at radius 1 is 1.19 bits per heavy atom. The van der Waals surface area contributed by atoms with E-state index in [0.29, 0.717) is 5.69 Å². The molecule has 136 valence electrons. The molecule has 0 aliphatic heterocycles. The molecule has 1 amide bonds. The van der Waals surface area contributed by atoms with Crippen LogP contribution in [0, 0.1) is 0 Å². The highest BCUT2D eigenvalue weighted by molar-refractivity contribution is 5.96. The molecule has 2 aromatic heterocycles. The third kappa shape index (κ3) is 4.20. The van der Waals surface area contributed by atoms with E-state index in [0.717, 1.165) is 22.2 Å². The topological polar surface area (TPSA) is 83.8 Å². The molecular weight excluding hydrogens is 345 g/mol. The Bertz CT molecular complexity index is 903. The van der Waals surface area contributed by atoms with Gasteiger partial charge in [-0.3, -0.25) is 4.79 Å². The van der Waals surface area contributed by atoms with Crippen LogP contribution in [0.15, 0.2) is 48.8 Å². The van der Waals surface area contributed by atoms with Gasteiger partial charge in [-0.25, -0.2) is 4.98 Å². The number of nitrogens with one attached hydrogen (secondary N) is 2. The third-order valence-electron chi connectivity index (χ3n) is 4.00. The molecule has 8 heteroatoms. The second kappa shape index (κ2) is 7.17. The highest BCUT2D eigenvalue weighted by Gasteiger charge is 2.29. The molecule has 0 spiro atoms. The molecule has 1 atom stereocenters. The van der Waals surface area contributed by atoms with Crippen molar-refractivity contribution in [3.63, 3.8) is 0 Å². The maximum Gasteiger partial charge on any atom is 0.389 e. The van der Waals surface area contributed by atoms with Gasteiger partial charge in [-0.05, 0) is 41.8 Å². The fourth-order valence-electron chi connectivity index (χ4n) is 2.63. The van der Waals surface area contributed by atoms with Gasteiger partial charge < -0.3 is 16.0 Å². The summed E-state index contributed by atoms with van der Waals surface area (Å²) < 4.78 is 36.6. The molecule has 3 aromatic rings. The van der Waals surface area contributed by atoms with Gasteiger partial charge >= 0.3 is 6.18 Å². The fraction of sp³-hybridized carbons (Fsp3) is 0.222. The number of aromatic nitrogens is 2. The Labute approximate surface area is 147 Å². The van der Waals surface area contributed by atoms with Crippen LogP contribution in [0.2, 0.25) is 0 Å². The van der Waals surface area contributed by atoms with E-state index in [1.807, 2.05) is 24.3 Å². The summed E-state index contributed by atoms with van der Waals surface area (Å²) in [6.07, 6.45) is -2.36. The number of halogens is 3. The van der Waals surface area contributed by atoms with E-state index in [2.05, 4.69) is 15.3 Å². The van der Waals surface area contributed by atoms with Gasteiger partial charge in [-0.1, -0.05) is 12.1 Å². The van der Waals surface area contributed by atoms with Crippen LogP contribution < -0.4 is 11.1 Å². The first-order valence-corrected chi connectivity index (χ1v) is 7.99. The zero-order chi connectivity index (χ0) is 18.7. The molecule has 2 heterocycles. The van der Waals surface area contributed by atoms with Gasteiger partial charge in [0.05, 0.1) is 6.04 Å². The number of anilines is 1. The molecule has 4 N–H and O–H groups in total. The van der Waals surface area contributed by atoms with Gasteiger partial charge in [0, 0.05) is 29.9 Å². The van der Waals surface area contributed by atoms with Crippen molar-refractivity contribution in [3.05, 3.63) is 48.8 Å². The Hall–Kier alpha value is -2.87. The molecule has 0 aliphatic carbocycles. The number of benzene rings is 1. The summed E-state index contributed by atoms with van der Waals surface area (Å²) in [7, 11) is 0. The number of carbonyl (C=O) groups excluding carboxylic acids is 1. The number of carbonyl (C=O) groups is 1. The van der Waals surface area contributed by atoms with Gasteiger partial charge in [0.25, 0.3) is 0 Å². The second-order valence-electron chi connectivity index (χ2n) is 5.93. The maximum absolute atomic E-state index is 12.2. The first-order valence-electron chi connectivity index (χ1n) is 7.99. The molecule has 5 nitrogen and oxygen atoms in total. The van der Waals surface area contributed by atoms with Crippen molar-refractivity contribution in [3.8, 4) is 11.1 Å². The zero-order valence-corrected chi connectivity index (χ0v) is 13.7. The van der Waals surface area contributed by atoms with Crippen LogP contribution in [0.5, 0.6) is 0 Å². The number of fused-ring (bicyclic) bond motifs is 1. The first-order chi connectivity index (χ1) is 12.3. The molecule has 3 rings (SSSR count). The molecular formula is C18H17F3N4O. The van der Waals surface area contributed by atoms with Crippen molar-refractivity contribution >= 4 is 22.6 Å². The number of H-pyrrole nitrogens is 1. The Kier molecular flexibility index (Phi) is 4.94. The molecule has 0 bridgehead atoms. The zero-order valence-electron chi connectivity index (χ0n) is 13.7. The number of nitrogens with two attached hydrogens (primary N) is 1. The summed E-state index contributed by atoms with van der Waals surface area (Å²) in [5.74, 6) is -0.640. The smallest absolute Gasteiger partial charge is 0.346 e. The van der Waals surface area contributed by atoms with E-state index >= 15 is 0 Å². The van der Waals surface area contributed by atoms with Crippen LogP contribution in [-0.2, 0) is 4.79 Å². The highest BCUT2D eigenvalue weighted by Crippen LogP contribution is 2.28. The fourth-order valence-corrected chi connectivity index (χ4v) is 2.63. The highest BCUT2D eigenvalue weighted by atomic mass is 19.4. The summed E-state index contributed by atoms with van der Waals surface area (Å²) in [6.45, 7) is 0. The van der Waals surface area contributed by atoms with Crippen LogP contribution in [0.3, 0.4) is 0 Å². The Balaban J connectivity index is 1.68. The van der Waals surface area contributed by atoms with Crippen molar-refractivity contribution in [1.82, 2.24) is 9.97 Å². The minimum absolute atomic E-state index is 0.449. The summed E-state index contributed by atoms with van der Waals surface area (Å²) in [5, 5.41) is 3.51. The predicted molar refractivity (Wildman–Crippen MR) is 93.4 cm³/mol. The number of amides is 1. The lowest BCUT2D eigenvalue weighted by Crippen LogP contribution is -2.36. The standard InChI is InChI=1S/C18H17F3N4O/c19-18(20,21)8-5-15(22)17(26)25-12-3-1-11(2-4-12)13-6-9-23-16-14(13)7-10-24-16/h1-4,6-7,9-10,15H,5,8,22H2,(H,23,24)(H,25,26)/t15-/m1/s1. The normalized spacial score (nSPS) is 12.9. The lowest BCUT2D eigenvalue weighted by molar-refractivity contribution is -0.137. The number of hydrogen-bond acceptors (Lipinski definition) is 3. The molecule has 0 radical (unpaired) electrons. The number of nitrogens with zero attached hydrogens (tertiary/aromatic N) is 1. The van der Waals surface area contributed by atoms with E-state index in [1.165, 1.54) is 0 Å². The van der Waals surface area contributed by atoms with Crippen LogP contribution in [0.1, 0.15) is 12.8 Å². The lowest BCUT2D eigenvalue weighted by Gasteiger charge is -2.14. The van der Waals surface area contributed by atoms with E-state index in [4.69, 9.17) is 5.73 Å². The van der Waals surface area contributed by atoms with Gasteiger partial charge in [-0.2, -0.15) is 13.2 Å². The predicted octanol–water partition coefficient (Wildman–Crippen LogP) is 3.84. The van der Waals surface area contributed by atoms with Crippen LogP contribution in [0.4, 0.5) is 18.9 Å². The summed E-state index contributed by atoms with van der Waals surface area (Å²) in [6, 6.07) is 9.60. The molecule has 26 heavy (non-hydrogen) atoms. The van der Waals surface area contributed by atoms with Crippen molar-refractivity contribution in [1.29, 1.82) is 0 Å². The number of hydrogen-bond donors (Lipinski definition) is 3. The SMILES string of the molecule is N[C@H](CCC(F)(F)F)C(=O)Nc1ccc(-c2ccnc3[nH]ccc23)cc1. The number of pyridine rings is 1. The molecule has 0 aliphatic rings. The van der Waals surface area contributed by atoms with Gasteiger partial charge in [0.15, 0.2) is 0 Å². The van der Waals surface area contributed by atoms with Crippen molar-refractivity contribution in [2.45, 2.75) is 25.1 Å². The number of aromatic amines is 1. The monoisotopic (exact) mass is 362 g/mol. The van der Waals surface area contributed by atoms with Gasteiger partial charge in [-0.15, -0.1) is 0 Å². The average molecular weight is 362 g/mol. The Morgan fingerprint density at radius 2 is 1.92 bits per heavy atom. The maximum atomic E-state index is 12.2. The van der Waals surface area contributed by atoms with E-state index in [1.54, 1.807) is 24.5 Å².